The van der Waals surface area contributed by atoms with Crippen molar-refractivity contribution in [1.29, 1.82) is 0 Å². The molecule has 0 aliphatic rings. The van der Waals surface area contributed by atoms with Gasteiger partial charge in [-0.1, -0.05) is 12.1 Å². The van der Waals surface area contributed by atoms with Crippen molar-refractivity contribution in [2.24, 2.45) is 0 Å². The first kappa shape index (κ1) is 17.9. The van der Waals surface area contributed by atoms with Crippen molar-refractivity contribution in [3.63, 3.8) is 0 Å². The van der Waals surface area contributed by atoms with Crippen LogP contribution in [0.2, 0.25) is 0 Å². The largest absolute Gasteiger partial charge is 0.351 e. The van der Waals surface area contributed by atoms with Crippen molar-refractivity contribution < 1.29 is 4.79 Å². The molecule has 0 aliphatic carbocycles. The molecule has 0 fully saturated rings. The number of pyridine rings is 1. The van der Waals surface area contributed by atoms with Crippen molar-refractivity contribution in [2.75, 3.05) is 38.6 Å². The Labute approximate surface area is 144 Å². The second-order valence-corrected chi connectivity index (χ2v) is 6.05. The van der Waals surface area contributed by atoms with Crippen LogP contribution in [0.15, 0.2) is 42.6 Å². The van der Waals surface area contributed by atoms with Crippen LogP contribution in [-0.2, 0) is 0 Å². The average Bonchev–Trinajstić information content (AvgIpc) is 2.56. The van der Waals surface area contributed by atoms with Crippen LogP contribution in [-0.4, -0.2) is 49.5 Å². The van der Waals surface area contributed by atoms with Crippen molar-refractivity contribution in [3.05, 3.63) is 53.7 Å². The molecule has 1 aromatic carbocycles. The van der Waals surface area contributed by atoms with Gasteiger partial charge in [0.05, 0.1) is 5.56 Å². The fourth-order valence-electron chi connectivity index (χ4n) is 2.45. The third kappa shape index (κ3) is 4.80. The van der Waals surface area contributed by atoms with Crippen molar-refractivity contribution in [3.8, 4) is 0 Å². The number of carbonyl (C=O) groups is 1. The quantitative estimate of drug-likeness (QED) is 0.850. The molecule has 0 aliphatic heterocycles. The van der Waals surface area contributed by atoms with Gasteiger partial charge in [-0.3, -0.25) is 4.79 Å². The Balaban J connectivity index is 2.08. The highest BCUT2D eigenvalue weighted by Crippen LogP contribution is 2.24. The summed E-state index contributed by atoms with van der Waals surface area (Å²) in [7, 11) is 3.96. The summed E-state index contributed by atoms with van der Waals surface area (Å²) in [6, 6.07) is 12.0. The lowest BCUT2D eigenvalue weighted by molar-refractivity contribution is 0.0950. The Bertz CT molecular complexity index is 667. The van der Waals surface area contributed by atoms with Crippen LogP contribution < -0.4 is 10.2 Å². The van der Waals surface area contributed by atoms with E-state index in [2.05, 4.69) is 47.2 Å². The standard InChI is InChI=1S/C19H26N4O/c1-5-23(17-8-6-7-15(2)13-17)18-10-9-16(14-21-18)19(24)20-11-12-22(3)4/h6-10,13-14H,5,11-12H2,1-4H3,(H,20,24). The first-order valence-corrected chi connectivity index (χ1v) is 8.24. The summed E-state index contributed by atoms with van der Waals surface area (Å²) in [6.45, 7) is 6.41. The molecule has 1 N–H and O–H groups in total. The van der Waals surface area contributed by atoms with Crippen LogP contribution >= 0.6 is 0 Å². The summed E-state index contributed by atoms with van der Waals surface area (Å²) in [4.78, 5) is 20.7. The van der Waals surface area contributed by atoms with Gasteiger partial charge in [-0.25, -0.2) is 4.98 Å². The third-order valence-corrected chi connectivity index (χ3v) is 3.76. The van der Waals surface area contributed by atoms with Crippen molar-refractivity contribution >= 4 is 17.4 Å². The minimum absolute atomic E-state index is 0.0884. The Hall–Kier alpha value is -2.40. The van der Waals surface area contributed by atoms with Crippen LogP contribution in [0.25, 0.3) is 0 Å². The zero-order valence-electron chi connectivity index (χ0n) is 14.9. The van der Waals surface area contributed by atoms with E-state index in [-0.39, 0.29) is 5.91 Å². The number of amides is 1. The van der Waals surface area contributed by atoms with E-state index in [1.54, 1.807) is 6.20 Å². The van der Waals surface area contributed by atoms with Crippen molar-refractivity contribution in [2.45, 2.75) is 13.8 Å². The number of benzene rings is 1. The molecule has 0 saturated carbocycles. The lowest BCUT2D eigenvalue weighted by atomic mass is 10.2. The molecule has 0 bridgehead atoms. The zero-order valence-corrected chi connectivity index (χ0v) is 14.9. The van der Waals surface area contributed by atoms with Crippen LogP contribution in [0.5, 0.6) is 0 Å². The van der Waals surface area contributed by atoms with Gasteiger partial charge in [0.25, 0.3) is 5.91 Å². The van der Waals surface area contributed by atoms with Gasteiger partial charge in [0.1, 0.15) is 5.82 Å². The van der Waals surface area contributed by atoms with Crippen molar-refractivity contribution in [1.82, 2.24) is 15.2 Å². The van der Waals surface area contributed by atoms with Gasteiger partial charge in [-0.05, 0) is 57.8 Å². The summed E-state index contributed by atoms with van der Waals surface area (Å²) >= 11 is 0. The van der Waals surface area contributed by atoms with E-state index in [4.69, 9.17) is 0 Å². The predicted octanol–water partition coefficient (Wildman–Crippen LogP) is 2.84. The Morgan fingerprint density at radius 3 is 2.58 bits per heavy atom. The third-order valence-electron chi connectivity index (χ3n) is 3.76. The molecule has 0 radical (unpaired) electrons. The van der Waals surface area contributed by atoms with Crippen LogP contribution in [0.1, 0.15) is 22.8 Å². The highest BCUT2D eigenvalue weighted by Gasteiger charge is 2.11. The second-order valence-electron chi connectivity index (χ2n) is 6.05. The van der Waals surface area contributed by atoms with Gasteiger partial charge >= 0.3 is 0 Å². The SMILES string of the molecule is CCN(c1cccc(C)c1)c1ccc(C(=O)NCCN(C)C)cn1. The van der Waals surface area contributed by atoms with Gasteiger partial charge in [0, 0.05) is 31.5 Å². The first-order valence-electron chi connectivity index (χ1n) is 8.24. The number of anilines is 2. The fraction of sp³-hybridized carbons (Fsp3) is 0.368. The summed E-state index contributed by atoms with van der Waals surface area (Å²) < 4.78 is 0. The molecular formula is C19H26N4O. The number of nitrogens with one attached hydrogen (secondary N) is 1. The highest BCUT2D eigenvalue weighted by atomic mass is 16.1. The molecule has 24 heavy (non-hydrogen) atoms. The van der Waals surface area contributed by atoms with E-state index in [9.17, 15) is 4.79 Å². The van der Waals surface area contributed by atoms with Crippen LogP contribution in [0.4, 0.5) is 11.5 Å². The minimum atomic E-state index is -0.0884. The lowest BCUT2D eigenvalue weighted by Gasteiger charge is -2.22. The first-order chi connectivity index (χ1) is 11.5. The van der Waals surface area contributed by atoms with E-state index in [0.29, 0.717) is 12.1 Å². The van der Waals surface area contributed by atoms with Gasteiger partial charge in [-0.15, -0.1) is 0 Å². The maximum atomic E-state index is 12.1. The second kappa shape index (κ2) is 8.45. The van der Waals surface area contributed by atoms with Crippen LogP contribution in [0, 0.1) is 6.92 Å². The molecule has 1 amide bonds. The average molecular weight is 326 g/mol. The molecule has 0 unspecified atom stereocenters. The lowest BCUT2D eigenvalue weighted by Crippen LogP contribution is -2.31. The summed E-state index contributed by atoms with van der Waals surface area (Å²) in [5.41, 5.74) is 2.90. The number of hydrogen-bond acceptors (Lipinski definition) is 4. The smallest absolute Gasteiger partial charge is 0.252 e. The van der Waals surface area contributed by atoms with Gasteiger partial charge < -0.3 is 15.1 Å². The summed E-state index contributed by atoms with van der Waals surface area (Å²) in [6.07, 6.45) is 1.64. The van der Waals surface area contributed by atoms with Gasteiger partial charge in [0.15, 0.2) is 0 Å². The molecule has 5 heteroatoms. The maximum Gasteiger partial charge on any atom is 0.252 e. The molecule has 1 heterocycles. The number of aryl methyl sites for hydroxylation is 1. The predicted molar refractivity (Wildman–Crippen MR) is 99.0 cm³/mol. The van der Waals surface area contributed by atoms with E-state index < -0.39 is 0 Å². The number of hydrogen-bond donors (Lipinski definition) is 1. The summed E-state index contributed by atoms with van der Waals surface area (Å²) in [5.74, 6) is 0.752. The Kier molecular flexibility index (Phi) is 6.32. The fourth-order valence-corrected chi connectivity index (χ4v) is 2.45. The molecule has 2 aromatic rings. The molecule has 2 rings (SSSR count). The molecule has 5 nitrogen and oxygen atoms in total. The molecule has 0 saturated heterocycles. The Morgan fingerprint density at radius 1 is 1.21 bits per heavy atom. The van der Waals surface area contributed by atoms with E-state index in [1.807, 2.05) is 37.2 Å². The number of aromatic nitrogens is 1. The number of likely N-dealkylation sites (N-methyl/N-ethyl adjacent to an activating group) is 1. The van der Waals surface area contributed by atoms with Gasteiger partial charge in [-0.2, -0.15) is 0 Å². The molecule has 0 spiro atoms. The Morgan fingerprint density at radius 2 is 2.00 bits per heavy atom. The van der Waals surface area contributed by atoms with Gasteiger partial charge in [0.2, 0.25) is 0 Å². The molecular weight excluding hydrogens is 300 g/mol. The zero-order chi connectivity index (χ0) is 17.5. The molecule has 0 atom stereocenters. The van der Waals surface area contributed by atoms with E-state index in [0.717, 1.165) is 24.6 Å². The number of nitrogens with zero attached hydrogens (tertiary/aromatic N) is 3. The summed E-state index contributed by atoms with van der Waals surface area (Å²) in [5, 5.41) is 2.90. The van der Waals surface area contributed by atoms with E-state index >= 15 is 0 Å². The van der Waals surface area contributed by atoms with E-state index in [1.165, 1.54) is 5.56 Å². The number of rotatable bonds is 7. The molecule has 128 valence electrons. The number of carbonyl (C=O) groups excluding carboxylic acids is 1. The van der Waals surface area contributed by atoms with Crippen LogP contribution in [0.3, 0.4) is 0 Å². The maximum absolute atomic E-state index is 12.1. The molecule has 1 aromatic heterocycles. The topological polar surface area (TPSA) is 48.5 Å². The minimum Gasteiger partial charge on any atom is -0.351 e. The monoisotopic (exact) mass is 326 g/mol. The normalized spacial score (nSPS) is 10.7. The highest BCUT2D eigenvalue weighted by molar-refractivity contribution is 5.94.